The number of halogens is 1. The lowest BCUT2D eigenvalue weighted by Crippen LogP contribution is -2.24. The van der Waals surface area contributed by atoms with Crippen molar-refractivity contribution in [3.05, 3.63) is 21.7 Å². The quantitative estimate of drug-likeness (QED) is 0.889. The molecule has 5 nitrogen and oxygen atoms in total. The fraction of sp³-hybridized carbons (Fsp3) is 0.462. The monoisotopic (exact) mass is 329 g/mol. The molecule has 1 unspecified atom stereocenters. The van der Waals surface area contributed by atoms with Gasteiger partial charge in [-0.3, -0.25) is 4.79 Å². The van der Waals surface area contributed by atoms with Crippen LogP contribution in [0.5, 0.6) is 11.5 Å². The van der Waals surface area contributed by atoms with Gasteiger partial charge >= 0.3 is 5.97 Å². The highest BCUT2D eigenvalue weighted by Gasteiger charge is 2.27. The summed E-state index contributed by atoms with van der Waals surface area (Å²) in [7, 11) is 0. The maximum absolute atomic E-state index is 11.1. The van der Waals surface area contributed by atoms with Crippen LogP contribution in [-0.2, 0) is 4.79 Å². The molecule has 6 heteroatoms. The van der Waals surface area contributed by atoms with Crippen LogP contribution in [0, 0.1) is 0 Å². The van der Waals surface area contributed by atoms with E-state index in [0.717, 1.165) is 10.0 Å². The molecule has 3 N–H and O–H groups in total. The summed E-state index contributed by atoms with van der Waals surface area (Å²) in [6, 6.07) is 0.595. The first-order valence-electron chi connectivity index (χ1n) is 6.03. The van der Waals surface area contributed by atoms with E-state index in [-0.39, 0.29) is 5.92 Å². The van der Waals surface area contributed by atoms with Crippen LogP contribution in [0.4, 0.5) is 0 Å². The minimum Gasteiger partial charge on any atom is -0.486 e. The number of aliphatic carboxylic acids is 1. The zero-order valence-corrected chi connectivity index (χ0v) is 12.4. The normalized spacial score (nSPS) is 15.4. The average molecular weight is 330 g/mol. The van der Waals surface area contributed by atoms with Gasteiger partial charge in [-0.1, -0.05) is 13.8 Å². The van der Waals surface area contributed by atoms with Gasteiger partial charge in [0.2, 0.25) is 0 Å². The Morgan fingerprint density at radius 2 is 2.05 bits per heavy atom. The first-order valence-corrected chi connectivity index (χ1v) is 6.83. The summed E-state index contributed by atoms with van der Waals surface area (Å²) >= 11 is 3.48. The maximum Gasteiger partial charge on any atom is 0.325 e. The molecule has 19 heavy (non-hydrogen) atoms. The van der Waals surface area contributed by atoms with Crippen molar-refractivity contribution in [3.8, 4) is 11.5 Å². The number of carboxylic acids is 1. The zero-order valence-electron chi connectivity index (χ0n) is 10.8. The molecule has 0 saturated heterocycles. The van der Waals surface area contributed by atoms with Crippen LogP contribution in [0.15, 0.2) is 10.5 Å². The molecular formula is C13H16BrNO4. The Kier molecular flexibility index (Phi) is 4.01. The summed E-state index contributed by atoms with van der Waals surface area (Å²) in [4.78, 5) is 11.1. The van der Waals surface area contributed by atoms with E-state index in [0.29, 0.717) is 30.3 Å². The molecule has 1 heterocycles. The third-order valence-electron chi connectivity index (χ3n) is 3.02. The van der Waals surface area contributed by atoms with Crippen molar-refractivity contribution in [2.24, 2.45) is 5.73 Å². The Balaban J connectivity index is 2.64. The van der Waals surface area contributed by atoms with Gasteiger partial charge < -0.3 is 20.3 Å². The van der Waals surface area contributed by atoms with E-state index in [4.69, 9.17) is 20.3 Å². The van der Waals surface area contributed by atoms with Gasteiger partial charge in [0, 0.05) is 0 Å². The summed E-state index contributed by atoms with van der Waals surface area (Å²) in [6.07, 6.45) is 0. The predicted molar refractivity (Wildman–Crippen MR) is 73.8 cm³/mol. The Morgan fingerprint density at radius 1 is 1.42 bits per heavy atom. The molecule has 1 aromatic rings. The molecule has 1 aliphatic rings. The second kappa shape index (κ2) is 5.38. The second-order valence-corrected chi connectivity index (χ2v) is 5.48. The Morgan fingerprint density at radius 3 is 2.63 bits per heavy atom. The van der Waals surface area contributed by atoms with Crippen LogP contribution < -0.4 is 15.2 Å². The second-order valence-electron chi connectivity index (χ2n) is 4.69. The van der Waals surface area contributed by atoms with Crippen molar-refractivity contribution >= 4 is 21.9 Å². The van der Waals surface area contributed by atoms with Gasteiger partial charge in [0.05, 0.1) is 4.47 Å². The van der Waals surface area contributed by atoms with Gasteiger partial charge in [0.25, 0.3) is 0 Å². The number of fused-ring (bicyclic) bond motifs is 1. The van der Waals surface area contributed by atoms with Crippen LogP contribution in [0.1, 0.15) is 36.9 Å². The fourth-order valence-electron chi connectivity index (χ4n) is 2.16. The Bertz CT molecular complexity index is 516. The third-order valence-corrected chi connectivity index (χ3v) is 3.81. The lowest BCUT2D eigenvalue weighted by atomic mass is 9.92. The SMILES string of the molecule is CC(C)c1c(C(N)C(=O)O)cc2c(c1Br)OCCO2. The van der Waals surface area contributed by atoms with E-state index >= 15 is 0 Å². The van der Waals surface area contributed by atoms with Gasteiger partial charge in [-0.25, -0.2) is 0 Å². The summed E-state index contributed by atoms with van der Waals surface area (Å²) in [5.74, 6) is 0.210. The van der Waals surface area contributed by atoms with E-state index < -0.39 is 12.0 Å². The number of ether oxygens (including phenoxy) is 2. The first-order chi connectivity index (χ1) is 8.93. The molecule has 0 bridgehead atoms. The molecule has 1 aromatic carbocycles. The Labute approximate surface area is 119 Å². The minimum absolute atomic E-state index is 0.116. The molecule has 0 radical (unpaired) electrons. The number of carboxylic acid groups (broad SMARTS) is 1. The molecule has 1 atom stereocenters. The lowest BCUT2D eigenvalue weighted by Gasteiger charge is -2.25. The zero-order chi connectivity index (χ0) is 14.2. The van der Waals surface area contributed by atoms with Crippen LogP contribution in [0.2, 0.25) is 0 Å². The van der Waals surface area contributed by atoms with E-state index in [9.17, 15) is 4.79 Å². The molecule has 1 aliphatic heterocycles. The van der Waals surface area contributed by atoms with Gasteiger partial charge in [0.1, 0.15) is 19.3 Å². The smallest absolute Gasteiger partial charge is 0.325 e. The molecule has 0 fully saturated rings. The van der Waals surface area contributed by atoms with Crippen LogP contribution >= 0.6 is 15.9 Å². The van der Waals surface area contributed by atoms with Crippen LogP contribution in [-0.4, -0.2) is 24.3 Å². The number of carbonyl (C=O) groups is 1. The van der Waals surface area contributed by atoms with Crippen molar-refractivity contribution in [1.82, 2.24) is 0 Å². The Hall–Kier alpha value is -1.27. The fourth-order valence-corrected chi connectivity index (χ4v) is 3.15. The number of hydrogen-bond donors (Lipinski definition) is 2. The topological polar surface area (TPSA) is 81.8 Å². The number of hydrogen-bond acceptors (Lipinski definition) is 4. The molecule has 0 spiro atoms. The maximum atomic E-state index is 11.1. The van der Waals surface area contributed by atoms with Crippen LogP contribution in [0.3, 0.4) is 0 Å². The summed E-state index contributed by atoms with van der Waals surface area (Å²) < 4.78 is 11.8. The van der Waals surface area contributed by atoms with Crippen molar-refractivity contribution in [3.63, 3.8) is 0 Å². The van der Waals surface area contributed by atoms with E-state index in [2.05, 4.69) is 15.9 Å². The molecular weight excluding hydrogens is 314 g/mol. The van der Waals surface area contributed by atoms with E-state index in [1.807, 2.05) is 13.8 Å². The van der Waals surface area contributed by atoms with Gasteiger partial charge in [-0.2, -0.15) is 0 Å². The predicted octanol–water partition coefficient (Wildman–Crippen LogP) is 2.43. The summed E-state index contributed by atoms with van der Waals surface area (Å²) in [6.45, 7) is 4.89. The summed E-state index contributed by atoms with van der Waals surface area (Å²) in [5.41, 5.74) is 7.16. The van der Waals surface area contributed by atoms with E-state index in [1.165, 1.54) is 0 Å². The average Bonchev–Trinajstić information content (AvgIpc) is 2.37. The van der Waals surface area contributed by atoms with Crippen molar-refractivity contribution in [2.45, 2.75) is 25.8 Å². The highest BCUT2D eigenvalue weighted by molar-refractivity contribution is 9.10. The molecule has 0 aromatic heterocycles. The third kappa shape index (κ3) is 2.55. The van der Waals surface area contributed by atoms with Gasteiger partial charge in [-0.05, 0) is 39.0 Å². The lowest BCUT2D eigenvalue weighted by molar-refractivity contribution is -0.138. The standard InChI is InChI=1S/C13H16BrNO4/c1-6(2)9-7(11(15)13(16)17)5-8-12(10(9)14)19-4-3-18-8/h5-6,11H,3-4,15H2,1-2H3,(H,16,17). The minimum atomic E-state index is -1.08. The summed E-state index contributed by atoms with van der Waals surface area (Å²) in [5, 5.41) is 9.12. The molecule has 0 saturated carbocycles. The largest absolute Gasteiger partial charge is 0.486 e. The molecule has 2 rings (SSSR count). The molecule has 0 amide bonds. The number of benzene rings is 1. The van der Waals surface area contributed by atoms with Crippen molar-refractivity contribution in [2.75, 3.05) is 13.2 Å². The number of nitrogens with two attached hydrogens (primary N) is 1. The van der Waals surface area contributed by atoms with Crippen molar-refractivity contribution in [1.29, 1.82) is 0 Å². The number of rotatable bonds is 3. The van der Waals surface area contributed by atoms with Gasteiger partial charge in [-0.15, -0.1) is 0 Å². The van der Waals surface area contributed by atoms with Crippen LogP contribution in [0.25, 0.3) is 0 Å². The first kappa shape index (κ1) is 14.1. The van der Waals surface area contributed by atoms with Gasteiger partial charge in [0.15, 0.2) is 11.5 Å². The molecule has 104 valence electrons. The van der Waals surface area contributed by atoms with E-state index in [1.54, 1.807) is 6.07 Å². The molecule has 0 aliphatic carbocycles. The highest BCUT2D eigenvalue weighted by atomic mass is 79.9. The highest BCUT2D eigenvalue weighted by Crippen LogP contribution is 2.45. The van der Waals surface area contributed by atoms with Crippen molar-refractivity contribution < 1.29 is 19.4 Å².